The Morgan fingerprint density at radius 1 is 1.28 bits per heavy atom. The largest absolute Gasteiger partial charge is 0.495 e. The monoisotopic (exact) mass is 431 g/mol. The molecule has 0 unspecified atom stereocenters. The third kappa shape index (κ3) is 3.39. The number of aromatic nitrogens is 1. The Morgan fingerprint density at radius 2 is 2.07 bits per heavy atom. The van der Waals surface area contributed by atoms with Crippen LogP contribution < -0.4 is 10.1 Å². The molecule has 2 aromatic heterocycles. The van der Waals surface area contributed by atoms with E-state index in [1.807, 2.05) is 12.1 Å². The second kappa shape index (κ2) is 7.74. The van der Waals surface area contributed by atoms with Gasteiger partial charge in [0.25, 0.3) is 5.91 Å². The summed E-state index contributed by atoms with van der Waals surface area (Å²) in [5, 5.41) is 3.60. The lowest BCUT2D eigenvalue weighted by Gasteiger charge is -2.18. The van der Waals surface area contributed by atoms with Gasteiger partial charge in [-0.2, -0.15) is 4.31 Å². The summed E-state index contributed by atoms with van der Waals surface area (Å²) in [6, 6.07) is 10.4. The van der Waals surface area contributed by atoms with Crippen molar-refractivity contribution in [1.29, 1.82) is 0 Å². The maximum atomic E-state index is 13.2. The molecular weight excluding hydrogens is 410 g/mol. The van der Waals surface area contributed by atoms with E-state index in [-0.39, 0.29) is 16.7 Å². The van der Waals surface area contributed by atoms with Crippen LogP contribution in [-0.4, -0.2) is 50.9 Å². The number of nitrogens with one attached hydrogen (secondary N) is 1. The van der Waals surface area contributed by atoms with Crippen molar-refractivity contribution in [2.24, 2.45) is 0 Å². The molecule has 0 bridgehead atoms. The Hall–Kier alpha value is -2.49. The number of rotatable bonds is 5. The average molecular weight is 432 g/mol. The normalized spacial score (nSPS) is 17.5. The standard InChI is InChI=1S/C20H21N3O4S2/c1-21-19(24)18-17(14-6-5-10-22-20(14)28-18)13-9-11-23(12-13)29(25,26)16-8-4-3-7-15(16)27-2/h3-8,10,13H,9,11-12H2,1-2H3,(H,21,24)/t13-/m0/s1. The van der Waals surface area contributed by atoms with Gasteiger partial charge in [0, 0.05) is 37.6 Å². The number of sulfonamides is 1. The first kappa shape index (κ1) is 19.8. The summed E-state index contributed by atoms with van der Waals surface area (Å²) in [6.07, 6.45) is 2.34. The molecule has 7 nitrogen and oxygen atoms in total. The molecule has 9 heteroatoms. The fourth-order valence-corrected chi connectivity index (χ4v) is 6.62. The van der Waals surface area contributed by atoms with E-state index in [9.17, 15) is 13.2 Å². The van der Waals surface area contributed by atoms with E-state index in [4.69, 9.17) is 4.74 Å². The van der Waals surface area contributed by atoms with Crippen molar-refractivity contribution >= 4 is 37.5 Å². The lowest BCUT2D eigenvalue weighted by Crippen LogP contribution is -2.29. The van der Waals surface area contributed by atoms with Crippen molar-refractivity contribution in [2.75, 3.05) is 27.2 Å². The van der Waals surface area contributed by atoms with Gasteiger partial charge in [0.2, 0.25) is 10.0 Å². The maximum absolute atomic E-state index is 13.2. The number of ether oxygens (including phenoxy) is 1. The smallest absolute Gasteiger partial charge is 0.261 e. The molecule has 1 aliphatic rings. The van der Waals surface area contributed by atoms with E-state index >= 15 is 0 Å². The molecule has 3 heterocycles. The number of fused-ring (bicyclic) bond motifs is 1. The van der Waals surface area contributed by atoms with Crippen LogP contribution in [0.25, 0.3) is 10.2 Å². The van der Waals surface area contributed by atoms with Crippen molar-refractivity contribution in [3.63, 3.8) is 0 Å². The Labute approximate surface area is 173 Å². The van der Waals surface area contributed by atoms with Gasteiger partial charge in [-0.15, -0.1) is 11.3 Å². The molecule has 0 radical (unpaired) electrons. The van der Waals surface area contributed by atoms with Crippen LogP contribution in [0, 0.1) is 0 Å². The summed E-state index contributed by atoms with van der Waals surface area (Å²) in [5.41, 5.74) is 0.884. The van der Waals surface area contributed by atoms with Crippen molar-refractivity contribution in [3.8, 4) is 5.75 Å². The van der Waals surface area contributed by atoms with Gasteiger partial charge in [-0.25, -0.2) is 13.4 Å². The number of nitrogens with zero attached hydrogens (tertiary/aromatic N) is 2. The number of benzene rings is 1. The second-order valence-electron chi connectivity index (χ2n) is 6.78. The number of hydrogen-bond donors (Lipinski definition) is 1. The zero-order valence-corrected chi connectivity index (χ0v) is 17.7. The van der Waals surface area contributed by atoms with Crippen LogP contribution in [0.15, 0.2) is 47.5 Å². The molecule has 0 saturated carbocycles. The number of amides is 1. The molecule has 0 spiro atoms. The summed E-state index contributed by atoms with van der Waals surface area (Å²) >= 11 is 1.34. The summed E-state index contributed by atoms with van der Waals surface area (Å²) in [7, 11) is -0.648. The van der Waals surface area contributed by atoms with Gasteiger partial charge in [0.15, 0.2) is 0 Å². The number of pyridine rings is 1. The molecule has 1 amide bonds. The van der Waals surface area contributed by atoms with Crippen LogP contribution in [0.2, 0.25) is 0 Å². The fourth-order valence-electron chi connectivity index (χ4n) is 3.79. The molecule has 3 aromatic rings. The third-order valence-corrected chi connectivity index (χ3v) is 8.22. The van der Waals surface area contributed by atoms with Crippen molar-refractivity contribution < 1.29 is 17.9 Å². The van der Waals surface area contributed by atoms with Crippen molar-refractivity contribution in [3.05, 3.63) is 53.0 Å². The molecule has 4 rings (SSSR count). The van der Waals surface area contributed by atoms with Crippen LogP contribution in [0.5, 0.6) is 5.75 Å². The predicted molar refractivity (Wildman–Crippen MR) is 112 cm³/mol. The first-order chi connectivity index (χ1) is 14.0. The van der Waals surface area contributed by atoms with Crippen LogP contribution in [0.4, 0.5) is 0 Å². The molecule has 1 saturated heterocycles. The minimum atomic E-state index is -3.70. The topological polar surface area (TPSA) is 88.6 Å². The fraction of sp³-hybridized carbons (Fsp3) is 0.300. The van der Waals surface area contributed by atoms with Gasteiger partial charge in [0.1, 0.15) is 15.5 Å². The third-order valence-electron chi connectivity index (χ3n) is 5.18. The average Bonchev–Trinajstić information content (AvgIpc) is 3.38. The molecule has 152 valence electrons. The highest BCUT2D eigenvalue weighted by atomic mass is 32.2. The summed E-state index contributed by atoms with van der Waals surface area (Å²) in [4.78, 5) is 18.4. The molecule has 1 aliphatic heterocycles. The molecule has 1 fully saturated rings. The second-order valence-corrected chi connectivity index (χ2v) is 9.69. The first-order valence-corrected chi connectivity index (χ1v) is 11.5. The summed E-state index contributed by atoms with van der Waals surface area (Å²) in [6.45, 7) is 0.695. The minimum absolute atomic E-state index is 0.0790. The molecule has 29 heavy (non-hydrogen) atoms. The molecule has 1 atom stereocenters. The summed E-state index contributed by atoms with van der Waals surface area (Å²) in [5.74, 6) is 0.0750. The number of para-hydroxylation sites is 1. The quantitative estimate of drug-likeness (QED) is 0.671. The van der Waals surface area contributed by atoms with Gasteiger partial charge in [-0.1, -0.05) is 18.2 Å². The lowest BCUT2D eigenvalue weighted by atomic mass is 9.95. The molecule has 1 N–H and O–H groups in total. The highest BCUT2D eigenvalue weighted by Crippen LogP contribution is 2.41. The molecule has 1 aromatic carbocycles. The van der Waals surface area contributed by atoms with Crippen LogP contribution in [-0.2, 0) is 10.0 Å². The minimum Gasteiger partial charge on any atom is -0.495 e. The van der Waals surface area contributed by atoms with E-state index in [2.05, 4.69) is 10.3 Å². The van der Waals surface area contributed by atoms with Gasteiger partial charge >= 0.3 is 0 Å². The summed E-state index contributed by atoms with van der Waals surface area (Å²) < 4.78 is 33.2. The van der Waals surface area contributed by atoms with Gasteiger partial charge < -0.3 is 10.1 Å². The van der Waals surface area contributed by atoms with Crippen LogP contribution >= 0.6 is 11.3 Å². The van der Waals surface area contributed by atoms with Crippen molar-refractivity contribution in [1.82, 2.24) is 14.6 Å². The SMILES string of the molecule is CNC(=O)c1sc2ncccc2c1[C@H]1CCN(S(=O)(=O)c2ccccc2OC)C1. The number of carbonyl (C=O) groups excluding carboxylic acids is 1. The van der Waals surface area contributed by atoms with Crippen molar-refractivity contribution in [2.45, 2.75) is 17.2 Å². The highest BCUT2D eigenvalue weighted by Gasteiger charge is 2.37. The van der Waals surface area contributed by atoms with Gasteiger partial charge in [0.05, 0.1) is 12.0 Å². The predicted octanol–water partition coefficient (Wildman–Crippen LogP) is 2.84. The van der Waals surface area contributed by atoms with Gasteiger partial charge in [-0.3, -0.25) is 4.79 Å². The first-order valence-electron chi connectivity index (χ1n) is 9.20. The highest BCUT2D eigenvalue weighted by molar-refractivity contribution is 7.89. The Bertz CT molecular complexity index is 1170. The maximum Gasteiger partial charge on any atom is 0.261 e. The molecule has 0 aliphatic carbocycles. The van der Waals surface area contributed by atoms with Crippen LogP contribution in [0.3, 0.4) is 0 Å². The van der Waals surface area contributed by atoms with E-state index in [1.54, 1.807) is 37.5 Å². The zero-order valence-electron chi connectivity index (χ0n) is 16.1. The lowest BCUT2D eigenvalue weighted by molar-refractivity contribution is 0.0966. The van der Waals surface area contributed by atoms with E-state index in [1.165, 1.54) is 22.8 Å². The zero-order chi connectivity index (χ0) is 20.6. The molecular formula is C20H21N3O4S2. The van der Waals surface area contributed by atoms with Crippen LogP contribution in [0.1, 0.15) is 27.6 Å². The Morgan fingerprint density at radius 3 is 2.83 bits per heavy atom. The van der Waals surface area contributed by atoms with E-state index in [0.717, 1.165) is 15.8 Å². The number of thiophene rings is 1. The van der Waals surface area contributed by atoms with E-state index in [0.29, 0.717) is 30.1 Å². The van der Waals surface area contributed by atoms with Gasteiger partial charge in [-0.05, 0) is 30.2 Å². The Balaban J connectivity index is 1.71. The number of hydrogen-bond acceptors (Lipinski definition) is 6. The number of methoxy groups -OCH3 is 1. The van der Waals surface area contributed by atoms with E-state index < -0.39 is 10.0 Å². The Kier molecular flexibility index (Phi) is 5.28. The number of carbonyl (C=O) groups is 1.